The zero-order valence-corrected chi connectivity index (χ0v) is 8.57. The maximum Gasteiger partial charge on any atom is 0.694 e. The quantitative estimate of drug-likeness (QED) is 0.463. The van der Waals surface area contributed by atoms with Crippen molar-refractivity contribution in [2.45, 2.75) is 25.9 Å². The van der Waals surface area contributed by atoms with Gasteiger partial charge in [-0.2, -0.15) is 0 Å². The topological polar surface area (TPSA) is 101 Å². The van der Waals surface area contributed by atoms with Crippen LogP contribution < -0.4 is 0 Å². The molecular formula is C7H12O6P+. The van der Waals surface area contributed by atoms with Crippen LogP contribution in [0.1, 0.15) is 19.8 Å². The molecule has 0 saturated heterocycles. The number of carbonyl (C=O) groups is 2. The minimum absolute atomic E-state index is 0.0840. The summed E-state index contributed by atoms with van der Waals surface area (Å²) < 4.78 is 14.2. The Bertz CT molecular complexity index is 238. The molecule has 0 aliphatic heterocycles. The van der Waals surface area contributed by atoms with Gasteiger partial charge in [0.05, 0.1) is 6.10 Å². The van der Waals surface area contributed by atoms with E-state index in [0.29, 0.717) is 0 Å². The van der Waals surface area contributed by atoms with E-state index in [0.717, 1.165) is 0 Å². The normalized spacial score (nSPS) is 13.5. The van der Waals surface area contributed by atoms with Gasteiger partial charge in [-0.25, -0.2) is 0 Å². The lowest BCUT2D eigenvalue weighted by atomic mass is 10.1. The van der Waals surface area contributed by atoms with E-state index in [1.807, 2.05) is 0 Å². The molecule has 0 aromatic rings. The average molecular weight is 223 g/mol. The van der Waals surface area contributed by atoms with E-state index >= 15 is 0 Å². The van der Waals surface area contributed by atoms with Gasteiger partial charge in [-0.05, 0) is 0 Å². The molecule has 6 nitrogen and oxygen atoms in total. The summed E-state index contributed by atoms with van der Waals surface area (Å²) in [6.45, 7) is 1.10. The van der Waals surface area contributed by atoms with E-state index in [9.17, 15) is 14.2 Å². The van der Waals surface area contributed by atoms with Crippen molar-refractivity contribution in [2.24, 2.45) is 0 Å². The Morgan fingerprint density at radius 2 is 2.00 bits per heavy atom. The van der Waals surface area contributed by atoms with Crippen LogP contribution in [0.2, 0.25) is 0 Å². The van der Waals surface area contributed by atoms with Crippen molar-refractivity contribution < 1.29 is 28.7 Å². The third-order valence-electron chi connectivity index (χ3n) is 1.43. The summed E-state index contributed by atoms with van der Waals surface area (Å²) in [6.07, 6.45) is -1.51. The van der Waals surface area contributed by atoms with Crippen molar-refractivity contribution in [3.63, 3.8) is 0 Å². The molecule has 0 heterocycles. The van der Waals surface area contributed by atoms with Crippen molar-refractivity contribution in [1.29, 1.82) is 0 Å². The summed E-state index contributed by atoms with van der Waals surface area (Å²) in [5, 5.41) is 9.08. The smallest absolute Gasteiger partial charge is 0.390 e. The molecule has 0 aliphatic carbocycles. The fourth-order valence-electron chi connectivity index (χ4n) is 0.734. The number of aliphatic hydroxyl groups is 1. The van der Waals surface area contributed by atoms with Crippen LogP contribution in [0.25, 0.3) is 0 Å². The number of aliphatic hydroxyl groups excluding tert-OH is 1. The molecule has 7 heteroatoms. The summed E-state index contributed by atoms with van der Waals surface area (Å²) >= 11 is 0. The molecule has 0 aliphatic rings. The standard InChI is InChI=1S/C7H11O6P/c1-2-6(9)7(10)3-5(8)4-13-14(11)12/h5,8H,2-4H2,1H3/p+1. The Morgan fingerprint density at radius 1 is 1.43 bits per heavy atom. The molecule has 0 bridgehead atoms. The molecular weight excluding hydrogens is 211 g/mol. The predicted octanol–water partition coefficient (Wildman–Crippen LogP) is -0.0481. The number of carbonyl (C=O) groups excluding carboxylic acids is 2. The Balaban J connectivity index is 3.82. The first kappa shape index (κ1) is 13.3. The minimum Gasteiger partial charge on any atom is -0.390 e. The number of rotatable bonds is 7. The SMILES string of the molecule is CCC(=O)C(=O)CC(O)CO[P+](=O)O. The molecule has 0 rings (SSSR count). The van der Waals surface area contributed by atoms with Crippen molar-refractivity contribution in [1.82, 2.24) is 0 Å². The van der Waals surface area contributed by atoms with E-state index < -0.39 is 32.5 Å². The maximum absolute atomic E-state index is 10.9. The van der Waals surface area contributed by atoms with Gasteiger partial charge in [0.2, 0.25) is 5.78 Å². The van der Waals surface area contributed by atoms with Crippen LogP contribution in [0.3, 0.4) is 0 Å². The molecule has 0 radical (unpaired) electrons. The van der Waals surface area contributed by atoms with Crippen molar-refractivity contribution in [3.05, 3.63) is 0 Å². The van der Waals surface area contributed by atoms with Gasteiger partial charge >= 0.3 is 8.25 Å². The lowest BCUT2D eigenvalue weighted by molar-refractivity contribution is -0.137. The molecule has 0 spiro atoms. The Kier molecular flexibility index (Phi) is 6.40. The number of hydrogen-bond donors (Lipinski definition) is 2. The molecule has 0 amide bonds. The van der Waals surface area contributed by atoms with Gasteiger partial charge in [0.25, 0.3) is 0 Å². The summed E-state index contributed by atoms with van der Waals surface area (Å²) in [5.41, 5.74) is 0. The molecule has 2 N–H and O–H groups in total. The van der Waals surface area contributed by atoms with Crippen molar-refractivity contribution in [3.8, 4) is 0 Å². The zero-order chi connectivity index (χ0) is 11.1. The van der Waals surface area contributed by atoms with Crippen LogP contribution in [0.15, 0.2) is 0 Å². The van der Waals surface area contributed by atoms with Crippen molar-refractivity contribution >= 4 is 19.8 Å². The van der Waals surface area contributed by atoms with Gasteiger partial charge < -0.3 is 5.11 Å². The van der Waals surface area contributed by atoms with E-state index in [-0.39, 0.29) is 12.8 Å². The molecule has 2 unspecified atom stereocenters. The summed E-state index contributed by atoms with van der Waals surface area (Å²) in [4.78, 5) is 29.9. The molecule has 80 valence electrons. The van der Waals surface area contributed by atoms with Gasteiger partial charge in [0.1, 0.15) is 6.61 Å². The van der Waals surface area contributed by atoms with Gasteiger partial charge in [-0.15, -0.1) is 9.42 Å². The lowest BCUT2D eigenvalue weighted by Gasteiger charge is -2.03. The monoisotopic (exact) mass is 223 g/mol. The molecule has 0 aromatic carbocycles. The van der Waals surface area contributed by atoms with E-state index in [4.69, 9.17) is 10.00 Å². The van der Waals surface area contributed by atoms with E-state index in [1.165, 1.54) is 6.92 Å². The first-order valence-electron chi connectivity index (χ1n) is 4.00. The van der Waals surface area contributed by atoms with Crippen molar-refractivity contribution in [2.75, 3.05) is 6.61 Å². The second-order valence-electron chi connectivity index (χ2n) is 2.59. The minimum atomic E-state index is -2.78. The van der Waals surface area contributed by atoms with Crippen LogP contribution >= 0.6 is 8.25 Å². The second-order valence-corrected chi connectivity index (χ2v) is 3.33. The summed E-state index contributed by atoms with van der Waals surface area (Å²) in [7, 11) is -2.78. The van der Waals surface area contributed by atoms with Crippen LogP contribution in [0.5, 0.6) is 0 Å². The third kappa shape index (κ3) is 5.88. The van der Waals surface area contributed by atoms with Gasteiger partial charge in [-0.1, -0.05) is 6.92 Å². The predicted molar refractivity (Wildman–Crippen MR) is 46.7 cm³/mol. The van der Waals surface area contributed by atoms with Crippen LogP contribution in [0.4, 0.5) is 0 Å². The summed E-state index contributed by atoms with van der Waals surface area (Å²) in [5.74, 6) is -1.27. The Morgan fingerprint density at radius 3 is 2.43 bits per heavy atom. The molecule has 0 aromatic heterocycles. The Hall–Kier alpha value is -0.680. The number of ketones is 2. The van der Waals surface area contributed by atoms with E-state index in [1.54, 1.807) is 0 Å². The fraction of sp³-hybridized carbons (Fsp3) is 0.714. The first-order valence-corrected chi connectivity index (χ1v) is 5.13. The highest BCUT2D eigenvalue weighted by Gasteiger charge is 2.21. The molecule has 0 saturated carbocycles. The zero-order valence-electron chi connectivity index (χ0n) is 7.67. The Labute approximate surface area is 81.8 Å². The average Bonchev–Trinajstić information content (AvgIpc) is 2.13. The first-order chi connectivity index (χ1) is 6.47. The molecule has 2 atom stereocenters. The highest BCUT2D eigenvalue weighted by molar-refractivity contribution is 7.32. The molecule has 0 fully saturated rings. The largest absolute Gasteiger partial charge is 0.694 e. The van der Waals surface area contributed by atoms with Crippen LogP contribution in [-0.2, 0) is 18.7 Å². The van der Waals surface area contributed by atoms with Gasteiger partial charge in [0.15, 0.2) is 5.78 Å². The van der Waals surface area contributed by atoms with Crippen LogP contribution in [0, 0.1) is 0 Å². The highest BCUT2D eigenvalue weighted by atomic mass is 31.1. The van der Waals surface area contributed by atoms with E-state index in [2.05, 4.69) is 4.52 Å². The number of Topliss-reactive ketones (excluding diaryl/α,β-unsaturated/α-hetero) is 2. The van der Waals surface area contributed by atoms with Gasteiger partial charge in [0, 0.05) is 17.4 Å². The van der Waals surface area contributed by atoms with Gasteiger partial charge in [-0.3, -0.25) is 9.59 Å². The molecule has 14 heavy (non-hydrogen) atoms. The van der Waals surface area contributed by atoms with Crippen LogP contribution in [-0.4, -0.2) is 34.3 Å². The summed E-state index contributed by atoms with van der Waals surface area (Å²) in [6, 6.07) is 0. The number of hydrogen-bond acceptors (Lipinski definition) is 5. The second kappa shape index (κ2) is 6.73. The fourth-order valence-corrected chi connectivity index (χ4v) is 1.03. The maximum atomic E-state index is 10.9. The lowest BCUT2D eigenvalue weighted by Crippen LogP contribution is -2.23. The third-order valence-corrected chi connectivity index (χ3v) is 1.80. The highest BCUT2D eigenvalue weighted by Crippen LogP contribution is 2.15.